The van der Waals surface area contributed by atoms with Crippen LogP contribution in [0.25, 0.3) is 0 Å². The molecular formula is C10H11ClFNO3S. The van der Waals surface area contributed by atoms with Gasteiger partial charge in [-0.2, -0.15) is 0 Å². The van der Waals surface area contributed by atoms with Gasteiger partial charge < -0.3 is 0 Å². The molecule has 0 saturated carbocycles. The van der Waals surface area contributed by atoms with E-state index >= 15 is 0 Å². The number of benzene rings is 1. The molecule has 0 atom stereocenters. The van der Waals surface area contributed by atoms with Crippen LogP contribution in [0.4, 0.5) is 4.39 Å². The maximum Gasteiger partial charge on any atom is 0.240 e. The van der Waals surface area contributed by atoms with E-state index in [9.17, 15) is 17.6 Å². The van der Waals surface area contributed by atoms with Gasteiger partial charge in [-0.1, -0.05) is 0 Å². The summed E-state index contributed by atoms with van der Waals surface area (Å²) >= 11 is 5.08. The van der Waals surface area contributed by atoms with Crippen molar-refractivity contribution in [1.29, 1.82) is 0 Å². The first-order valence-electron chi connectivity index (χ1n) is 4.77. The Bertz CT molecular complexity index is 530. The van der Waals surface area contributed by atoms with Gasteiger partial charge in [-0.15, -0.1) is 0 Å². The second kappa shape index (κ2) is 5.57. The third-order valence-corrected chi connectivity index (χ3v) is 3.85. The summed E-state index contributed by atoms with van der Waals surface area (Å²) in [4.78, 5) is 10.4. The zero-order valence-electron chi connectivity index (χ0n) is 9.04. The minimum Gasteiger partial charge on any atom is -0.281 e. The predicted molar refractivity (Wildman–Crippen MR) is 61.8 cm³/mol. The van der Waals surface area contributed by atoms with Crippen LogP contribution in [0.2, 0.25) is 0 Å². The van der Waals surface area contributed by atoms with Crippen LogP contribution in [0, 0.1) is 12.7 Å². The molecule has 1 rings (SSSR count). The van der Waals surface area contributed by atoms with Crippen molar-refractivity contribution in [2.75, 3.05) is 6.54 Å². The Kier molecular flexibility index (Phi) is 4.62. The number of nitrogens with one attached hydrogen (secondary N) is 1. The van der Waals surface area contributed by atoms with Crippen molar-refractivity contribution in [2.45, 2.75) is 18.2 Å². The van der Waals surface area contributed by atoms with E-state index < -0.39 is 21.1 Å². The molecule has 94 valence electrons. The van der Waals surface area contributed by atoms with Crippen LogP contribution in [0.3, 0.4) is 0 Å². The number of rotatable bonds is 5. The molecule has 17 heavy (non-hydrogen) atoms. The van der Waals surface area contributed by atoms with Crippen molar-refractivity contribution in [3.8, 4) is 0 Å². The smallest absolute Gasteiger partial charge is 0.240 e. The fourth-order valence-corrected chi connectivity index (χ4v) is 2.63. The number of carbonyl (C=O) groups is 1. The highest BCUT2D eigenvalue weighted by molar-refractivity contribution is 7.89. The molecule has 0 aliphatic heterocycles. The first-order chi connectivity index (χ1) is 7.83. The number of carbonyl (C=O) groups excluding carboxylic acids is 1. The molecular weight excluding hydrogens is 269 g/mol. The molecule has 0 amide bonds. The number of hydrogen-bond donors (Lipinski definition) is 1. The molecule has 7 heteroatoms. The molecule has 0 spiro atoms. The lowest BCUT2D eigenvalue weighted by Gasteiger charge is -2.08. The minimum absolute atomic E-state index is 0.0130. The molecule has 0 heterocycles. The van der Waals surface area contributed by atoms with E-state index in [1.807, 2.05) is 0 Å². The maximum atomic E-state index is 12.8. The molecule has 0 radical (unpaired) electrons. The van der Waals surface area contributed by atoms with Gasteiger partial charge in [0.1, 0.15) is 5.82 Å². The summed E-state index contributed by atoms with van der Waals surface area (Å²) < 4.78 is 38.5. The third kappa shape index (κ3) is 4.07. The highest BCUT2D eigenvalue weighted by atomic mass is 35.5. The van der Waals surface area contributed by atoms with Gasteiger partial charge in [-0.25, -0.2) is 17.5 Å². The Morgan fingerprint density at radius 2 is 2.12 bits per heavy atom. The van der Waals surface area contributed by atoms with E-state index in [1.165, 1.54) is 13.0 Å². The Morgan fingerprint density at radius 3 is 2.65 bits per heavy atom. The Morgan fingerprint density at radius 1 is 1.47 bits per heavy atom. The zero-order chi connectivity index (χ0) is 13.1. The Balaban J connectivity index is 2.86. The molecule has 1 N–H and O–H groups in total. The van der Waals surface area contributed by atoms with Gasteiger partial charge in [0.2, 0.25) is 15.3 Å². The average Bonchev–Trinajstić information content (AvgIpc) is 2.15. The van der Waals surface area contributed by atoms with Crippen LogP contribution in [0.15, 0.2) is 23.1 Å². The molecule has 4 nitrogen and oxygen atoms in total. The number of halogens is 2. The summed E-state index contributed by atoms with van der Waals surface area (Å²) in [6.45, 7) is 1.41. The van der Waals surface area contributed by atoms with Crippen LogP contribution < -0.4 is 4.72 Å². The monoisotopic (exact) mass is 279 g/mol. The lowest BCUT2D eigenvalue weighted by Crippen LogP contribution is -2.26. The van der Waals surface area contributed by atoms with Crippen molar-refractivity contribution in [2.24, 2.45) is 0 Å². The highest BCUT2D eigenvalue weighted by Gasteiger charge is 2.16. The Labute approximate surface area is 104 Å². The highest BCUT2D eigenvalue weighted by Crippen LogP contribution is 2.15. The minimum atomic E-state index is -3.73. The lowest BCUT2D eigenvalue weighted by atomic mass is 10.2. The van der Waals surface area contributed by atoms with Gasteiger partial charge in [-0.3, -0.25) is 4.79 Å². The van der Waals surface area contributed by atoms with Crippen molar-refractivity contribution < 1.29 is 17.6 Å². The fourth-order valence-electron chi connectivity index (χ4n) is 1.28. The molecule has 0 aliphatic rings. The van der Waals surface area contributed by atoms with Crippen molar-refractivity contribution >= 4 is 26.9 Å². The Hall–Kier alpha value is -0.980. The zero-order valence-corrected chi connectivity index (χ0v) is 10.6. The van der Waals surface area contributed by atoms with E-state index in [2.05, 4.69) is 4.72 Å². The second-order valence-electron chi connectivity index (χ2n) is 3.41. The summed E-state index contributed by atoms with van der Waals surface area (Å²) in [6, 6.07) is 3.37. The standard InChI is InChI=1S/C10H11ClFNO3S/c1-7-6-8(12)2-3-9(7)17(15,16)13-5-4-10(11)14/h2-3,6,13H,4-5H2,1H3. The van der Waals surface area contributed by atoms with Gasteiger partial charge in [-0.05, 0) is 42.3 Å². The van der Waals surface area contributed by atoms with E-state index in [-0.39, 0.29) is 17.9 Å². The van der Waals surface area contributed by atoms with E-state index in [0.29, 0.717) is 5.56 Å². The summed E-state index contributed by atoms with van der Waals surface area (Å²) in [6.07, 6.45) is -0.0962. The first-order valence-corrected chi connectivity index (χ1v) is 6.63. The molecule has 1 aromatic carbocycles. The fraction of sp³-hybridized carbons (Fsp3) is 0.300. The van der Waals surface area contributed by atoms with Gasteiger partial charge in [0.05, 0.1) is 4.90 Å². The average molecular weight is 280 g/mol. The molecule has 0 bridgehead atoms. The first kappa shape index (κ1) is 14.1. The van der Waals surface area contributed by atoms with Crippen LogP contribution in [0.1, 0.15) is 12.0 Å². The number of sulfonamides is 1. The summed E-state index contributed by atoms with van der Waals surface area (Å²) in [5.74, 6) is -0.502. The summed E-state index contributed by atoms with van der Waals surface area (Å²) in [5, 5.41) is -0.622. The van der Waals surface area contributed by atoms with Gasteiger partial charge in [0, 0.05) is 13.0 Å². The molecule has 0 saturated heterocycles. The van der Waals surface area contributed by atoms with Crippen molar-refractivity contribution in [3.05, 3.63) is 29.6 Å². The van der Waals surface area contributed by atoms with Crippen LogP contribution in [-0.2, 0) is 14.8 Å². The number of aryl methyl sites for hydroxylation is 1. The quantitative estimate of drug-likeness (QED) is 0.832. The topological polar surface area (TPSA) is 63.2 Å². The largest absolute Gasteiger partial charge is 0.281 e. The normalized spacial score (nSPS) is 11.5. The van der Waals surface area contributed by atoms with Gasteiger partial charge >= 0.3 is 0 Å². The molecule has 0 aliphatic carbocycles. The van der Waals surface area contributed by atoms with E-state index in [1.54, 1.807) is 0 Å². The maximum absolute atomic E-state index is 12.8. The summed E-state index contributed by atoms with van der Waals surface area (Å²) in [7, 11) is -3.73. The lowest BCUT2D eigenvalue weighted by molar-refractivity contribution is -0.111. The molecule has 0 unspecified atom stereocenters. The number of hydrogen-bond acceptors (Lipinski definition) is 3. The SMILES string of the molecule is Cc1cc(F)ccc1S(=O)(=O)NCCC(=O)Cl. The molecule has 1 aromatic rings. The summed E-state index contributed by atoms with van der Waals surface area (Å²) in [5.41, 5.74) is 0.301. The van der Waals surface area contributed by atoms with Crippen LogP contribution in [0.5, 0.6) is 0 Å². The van der Waals surface area contributed by atoms with Crippen molar-refractivity contribution in [1.82, 2.24) is 4.72 Å². The van der Waals surface area contributed by atoms with E-state index in [4.69, 9.17) is 11.6 Å². The van der Waals surface area contributed by atoms with Crippen LogP contribution >= 0.6 is 11.6 Å². The van der Waals surface area contributed by atoms with Gasteiger partial charge in [0.25, 0.3) is 0 Å². The van der Waals surface area contributed by atoms with E-state index in [0.717, 1.165) is 12.1 Å². The van der Waals surface area contributed by atoms with Crippen molar-refractivity contribution in [3.63, 3.8) is 0 Å². The molecule has 0 aromatic heterocycles. The molecule has 0 fully saturated rings. The second-order valence-corrected chi connectivity index (χ2v) is 5.57. The third-order valence-electron chi connectivity index (χ3n) is 2.04. The van der Waals surface area contributed by atoms with Crippen LogP contribution in [-0.4, -0.2) is 20.2 Å². The van der Waals surface area contributed by atoms with Gasteiger partial charge in [0.15, 0.2) is 0 Å². The predicted octanol–water partition coefficient (Wildman–Crippen LogP) is 1.57.